The summed E-state index contributed by atoms with van der Waals surface area (Å²) < 4.78 is 40.4. The Morgan fingerprint density at radius 2 is 0.402 bits per heavy atom. The first-order valence-corrected chi connectivity index (χ1v) is 43.7. The van der Waals surface area contributed by atoms with Crippen LogP contribution in [0.1, 0.15) is 0 Å². The second-order valence-electron chi connectivity index (χ2n) is 33.4. The van der Waals surface area contributed by atoms with Crippen LogP contribution >= 0.6 is 0 Å². The van der Waals surface area contributed by atoms with Crippen molar-refractivity contribution in [1.29, 1.82) is 0 Å². The third-order valence-electron chi connectivity index (χ3n) is 25.5. The number of rotatable bonds is 14. The zero-order valence-electron chi connectivity index (χ0n) is 70.0. The lowest BCUT2D eigenvalue weighted by Crippen LogP contribution is -2.01. The van der Waals surface area contributed by atoms with Crippen molar-refractivity contribution in [3.8, 4) is 158 Å². The first kappa shape index (κ1) is 74.1. The van der Waals surface area contributed by atoms with E-state index in [1.165, 1.54) is 0 Å². The first-order valence-electron chi connectivity index (χ1n) is 43.7. The molecular formula is C117H65N9O6. The largest absolute Gasteiger partial charge is 0.456 e. The van der Waals surface area contributed by atoms with Crippen LogP contribution < -0.4 is 0 Å². The first-order chi connectivity index (χ1) is 65.3. The van der Waals surface area contributed by atoms with Gasteiger partial charge in [0.2, 0.25) is 0 Å². The minimum absolute atomic E-state index is 0.495. The molecule has 0 N–H and O–H groups in total. The fourth-order valence-corrected chi connectivity index (χ4v) is 19.0. The predicted molar refractivity (Wildman–Crippen MR) is 526 cm³/mol. The molecule has 0 saturated carbocycles. The third-order valence-corrected chi connectivity index (χ3v) is 25.5. The Morgan fingerprint density at radius 1 is 0.114 bits per heavy atom. The van der Waals surface area contributed by atoms with Crippen LogP contribution in [-0.2, 0) is 0 Å². The lowest BCUT2D eigenvalue weighted by atomic mass is 9.91. The molecule has 132 heavy (non-hydrogen) atoms. The number of para-hydroxylation sites is 3. The lowest BCUT2D eigenvalue weighted by Gasteiger charge is -2.14. The summed E-state index contributed by atoms with van der Waals surface area (Å²) in [6.45, 7) is 0. The van der Waals surface area contributed by atoms with Crippen molar-refractivity contribution >= 4 is 132 Å². The van der Waals surface area contributed by atoms with Crippen molar-refractivity contribution in [3.63, 3.8) is 0 Å². The maximum atomic E-state index is 7.05. The molecule has 27 aromatic rings. The second-order valence-corrected chi connectivity index (χ2v) is 33.4. The van der Waals surface area contributed by atoms with E-state index in [1.807, 2.05) is 182 Å². The molecule has 0 bridgehead atoms. The normalized spacial score (nSPS) is 11.9. The van der Waals surface area contributed by atoms with Crippen molar-refractivity contribution in [1.82, 2.24) is 44.9 Å². The number of benzene rings is 18. The van der Waals surface area contributed by atoms with Crippen LogP contribution in [0, 0.1) is 0 Å². The molecule has 15 heteroatoms. The van der Waals surface area contributed by atoms with E-state index in [1.54, 1.807) is 0 Å². The Kier molecular flexibility index (Phi) is 16.7. The lowest BCUT2D eigenvalue weighted by molar-refractivity contribution is 0.655. The maximum absolute atomic E-state index is 7.05. The van der Waals surface area contributed by atoms with Crippen LogP contribution in [0.25, 0.3) is 290 Å². The molecular weight excluding hydrogens is 1630 g/mol. The molecule has 0 radical (unpaired) electrons. The zero-order valence-corrected chi connectivity index (χ0v) is 70.0. The molecule has 9 heterocycles. The molecule has 0 amide bonds. The van der Waals surface area contributed by atoms with Gasteiger partial charge in [-0.05, 0) is 117 Å². The molecule has 0 aliphatic carbocycles. The Balaban J connectivity index is 0.490. The highest BCUT2D eigenvalue weighted by Crippen LogP contribution is 2.48. The predicted octanol–water partition coefficient (Wildman–Crippen LogP) is 31.0. The minimum Gasteiger partial charge on any atom is -0.456 e. The number of furan rings is 6. The molecule has 0 saturated heterocycles. The standard InChI is InChI=1S/C117H65N9O6/c1-6-23-67(24-7-1)79-35-16-17-37-89(79)117-125-111(71-31-14-5-15-32-71)122-116(126-117)78-50-54-85-94-62-96-88-41-22-39-86(108(88)132-106(96)65-104(94)130-100(85)59-78)81-51-47-75(56-90(81)68-25-8-2-9-26-68)113-119-110(70-29-12-4-13-30-70)121-115(124-113)77-49-53-84-93-61-95-87-40-21-38-80(107(87)131-105(95)64-103(93)129-99(84)58-77)74-34-20-33-73(55-74)66-43-45-72(46-44-66)112-118-109(69-27-10-3-11-28-69)120-114(123-112)76-48-52-83-92-60-91-82-36-18-19-42-97(82)127-101(91)63-102(92)128-98(83)57-76/h1-65H. The van der Waals surface area contributed by atoms with Crippen LogP contribution in [0.5, 0.6) is 0 Å². The second kappa shape index (κ2) is 29.7. The van der Waals surface area contributed by atoms with Crippen molar-refractivity contribution in [2.24, 2.45) is 0 Å². The Hall–Kier alpha value is -18.2. The van der Waals surface area contributed by atoms with Crippen LogP contribution in [0.2, 0.25) is 0 Å². The summed E-state index contributed by atoms with van der Waals surface area (Å²) in [6, 6.07) is 135. The molecule has 0 spiro atoms. The number of aromatic nitrogens is 9. The highest BCUT2D eigenvalue weighted by atomic mass is 16.4. The average Bonchev–Trinajstić information content (AvgIpc) is 1.60. The summed E-state index contributed by atoms with van der Waals surface area (Å²) in [7, 11) is 0. The topological polar surface area (TPSA) is 195 Å². The van der Waals surface area contributed by atoms with E-state index in [2.05, 4.69) is 212 Å². The fraction of sp³-hybridized carbons (Fsp3) is 0. The number of nitrogens with zero attached hydrogens (tertiary/aromatic N) is 9. The van der Waals surface area contributed by atoms with Gasteiger partial charge in [-0.2, -0.15) is 0 Å². The fourth-order valence-electron chi connectivity index (χ4n) is 19.0. The number of hydrogen-bond acceptors (Lipinski definition) is 15. The van der Waals surface area contributed by atoms with Crippen molar-refractivity contribution < 1.29 is 26.5 Å². The highest BCUT2D eigenvalue weighted by Gasteiger charge is 2.26. The molecule has 18 aromatic carbocycles. The molecule has 27 rings (SSSR count). The summed E-state index contributed by atoms with van der Waals surface area (Å²) >= 11 is 0. The summed E-state index contributed by atoms with van der Waals surface area (Å²) in [5.74, 6) is 4.88. The van der Waals surface area contributed by atoms with Crippen LogP contribution in [0.15, 0.2) is 421 Å². The highest BCUT2D eigenvalue weighted by molar-refractivity contribution is 6.20. The summed E-state index contributed by atoms with van der Waals surface area (Å²) in [6.07, 6.45) is 0. The quantitative estimate of drug-likeness (QED) is 0.0996. The number of hydrogen-bond donors (Lipinski definition) is 0. The van der Waals surface area contributed by atoms with Crippen LogP contribution in [-0.4, -0.2) is 44.9 Å². The van der Waals surface area contributed by atoms with E-state index < -0.39 is 0 Å². The van der Waals surface area contributed by atoms with E-state index in [0.29, 0.717) is 85.9 Å². The van der Waals surface area contributed by atoms with Gasteiger partial charge >= 0.3 is 0 Å². The van der Waals surface area contributed by atoms with E-state index in [4.69, 9.17) is 71.4 Å². The molecule has 0 aliphatic rings. The van der Waals surface area contributed by atoms with Gasteiger partial charge in [0.25, 0.3) is 0 Å². The zero-order chi connectivity index (χ0) is 86.6. The van der Waals surface area contributed by atoms with Crippen molar-refractivity contribution in [2.45, 2.75) is 0 Å². The van der Waals surface area contributed by atoms with E-state index in [0.717, 1.165) is 204 Å². The molecule has 614 valence electrons. The Labute approximate surface area is 750 Å². The summed E-state index contributed by atoms with van der Waals surface area (Å²) in [4.78, 5) is 46.5. The summed E-state index contributed by atoms with van der Waals surface area (Å²) in [5.41, 5.74) is 26.5. The molecule has 0 fully saturated rings. The van der Waals surface area contributed by atoms with E-state index >= 15 is 0 Å². The van der Waals surface area contributed by atoms with Crippen LogP contribution in [0.3, 0.4) is 0 Å². The maximum Gasteiger partial charge on any atom is 0.164 e. The van der Waals surface area contributed by atoms with Gasteiger partial charge < -0.3 is 26.5 Å². The van der Waals surface area contributed by atoms with E-state index in [-0.39, 0.29) is 0 Å². The van der Waals surface area contributed by atoms with Gasteiger partial charge in [0, 0.05) is 144 Å². The monoisotopic (exact) mass is 1690 g/mol. The molecule has 0 atom stereocenters. The van der Waals surface area contributed by atoms with Gasteiger partial charge in [0.15, 0.2) is 52.4 Å². The van der Waals surface area contributed by atoms with Gasteiger partial charge in [-0.25, -0.2) is 44.9 Å². The minimum atomic E-state index is 0.495. The Bertz CT molecular complexity index is 9410. The SMILES string of the molecule is c1ccc(-c2nc(-c3ccc(-c4cccc(-c5cccc6c5oc5cc7oc8cc(-c9nc(-c%10ccccc%10)nc(-c%10ccc(-c%11cccc%12c%11oc%11cc%13oc%14cc(-c%15nc(-c%16ccccc%16)nc(-c%16ccccc%16-c%16ccccc%16)n%15)ccc%14c%13cc%11%12)c(-c%11ccccc%11)c%10)n9)ccc8c7cc56)c4)cc3)nc(-c3ccc4c(c3)oc3cc5oc6ccccc6c5cc34)n2)cc1. The number of fused-ring (bicyclic) bond motifs is 18. The smallest absolute Gasteiger partial charge is 0.164 e. The Morgan fingerprint density at radius 3 is 0.879 bits per heavy atom. The van der Waals surface area contributed by atoms with Crippen molar-refractivity contribution in [2.75, 3.05) is 0 Å². The molecule has 15 nitrogen and oxygen atoms in total. The van der Waals surface area contributed by atoms with Crippen molar-refractivity contribution in [3.05, 3.63) is 394 Å². The van der Waals surface area contributed by atoms with Crippen LogP contribution in [0.4, 0.5) is 0 Å². The van der Waals surface area contributed by atoms with Gasteiger partial charge in [-0.3, -0.25) is 0 Å². The summed E-state index contributed by atoms with van der Waals surface area (Å²) in [5, 5.41) is 11.9. The molecule has 0 unspecified atom stereocenters. The van der Waals surface area contributed by atoms with Gasteiger partial charge in [-0.1, -0.05) is 303 Å². The molecule has 9 aromatic heterocycles. The van der Waals surface area contributed by atoms with E-state index in [9.17, 15) is 0 Å². The van der Waals surface area contributed by atoms with Gasteiger partial charge in [0.1, 0.15) is 67.0 Å². The molecule has 0 aliphatic heterocycles. The van der Waals surface area contributed by atoms with Gasteiger partial charge in [0.05, 0.1) is 0 Å². The average molecular weight is 1690 g/mol. The van der Waals surface area contributed by atoms with Gasteiger partial charge in [-0.15, -0.1) is 0 Å². The third kappa shape index (κ3) is 12.5.